The number of rotatable bonds is 3. The minimum Gasteiger partial charge on any atom is -0.390 e. The fourth-order valence-electron chi connectivity index (χ4n) is 3.73. The lowest BCUT2D eigenvalue weighted by atomic mass is 10.1. The van der Waals surface area contributed by atoms with Crippen LogP contribution in [0.1, 0.15) is 12.0 Å². The average molecular weight is 336 g/mol. The van der Waals surface area contributed by atoms with Crippen LogP contribution in [0.25, 0.3) is 10.9 Å². The van der Waals surface area contributed by atoms with Crippen LogP contribution in [0.2, 0.25) is 0 Å². The number of aromatic amines is 1. The fourth-order valence-corrected chi connectivity index (χ4v) is 3.73. The number of aliphatic hydroxyl groups is 1. The molecule has 0 aliphatic carbocycles. The molecule has 0 radical (unpaired) electrons. The largest absolute Gasteiger partial charge is 0.390 e. The van der Waals surface area contributed by atoms with Crippen LogP contribution in [-0.2, 0) is 6.54 Å². The Kier molecular flexibility index (Phi) is 4.68. The summed E-state index contributed by atoms with van der Waals surface area (Å²) in [4.78, 5) is 12.0. The molecule has 1 unspecified atom stereocenters. The van der Waals surface area contributed by atoms with E-state index in [2.05, 4.69) is 44.0 Å². The molecule has 2 aromatic heterocycles. The normalized spacial score (nSPS) is 19.7. The first-order valence-electron chi connectivity index (χ1n) is 8.90. The zero-order valence-electron chi connectivity index (χ0n) is 14.3. The van der Waals surface area contributed by atoms with Crippen molar-refractivity contribution in [3.63, 3.8) is 0 Å². The highest BCUT2D eigenvalue weighted by atomic mass is 16.3. The van der Waals surface area contributed by atoms with Gasteiger partial charge in [-0.25, -0.2) is 0 Å². The molecule has 0 amide bonds. The molecule has 2 N–H and O–H groups in total. The van der Waals surface area contributed by atoms with Crippen LogP contribution in [-0.4, -0.2) is 52.3 Å². The summed E-state index contributed by atoms with van der Waals surface area (Å²) in [6.45, 7) is 4.15. The third-order valence-corrected chi connectivity index (χ3v) is 4.90. The summed E-state index contributed by atoms with van der Waals surface area (Å²) in [6, 6.07) is 12.5. The SMILES string of the molecule is OC1CN(Cc2cccc3cc[nH]c23)CCCN(c2ccncc2)C1. The average Bonchev–Trinajstić information content (AvgIpc) is 3.09. The number of nitrogens with zero attached hydrogens (tertiary/aromatic N) is 3. The number of hydrogen-bond donors (Lipinski definition) is 2. The number of β-amino-alcohol motifs (C(OH)–C–C–N with tert-alkyl or cyclic N) is 1. The molecule has 1 fully saturated rings. The molecule has 5 nitrogen and oxygen atoms in total. The minimum atomic E-state index is -0.365. The lowest BCUT2D eigenvalue weighted by Gasteiger charge is -2.34. The Hall–Kier alpha value is -2.37. The third kappa shape index (κ3) is 3.67. The summed E-state index contributed by atoms with van der Waals surface area (Å²) in [5.41, 5.74) is 3.64. The number of nitrogens with one attached hydrogen (secondary N) is 1. The van der Waals surface area contributed by atoms with Crippen LogP contribution in [0.4, 0.5) is 5.69 Å². The molecule has 1 aliphatic heterocycles. The van der Waals surface area contributed by atoms with Crippen LogP contribution in [0.5, 0.6) is 0 Å². The fraction of sp³-hybridized carbons (Fsp3) is 0.350. The molecule has 3 heterocycles. The van der Waals surface area contributed by atoms with Crippen molar-refractivity contribution in [1.82, 2.24) is 14.9 Å². The Morgan fingerprint density at radius 3 is 2.84 bits per heavy atom. The Morgan fingerprint density at radius 2 is 1.96 bits per heavy atom. The van der Waals surface area contributed by atoms with Crippen molar-refractivity contribution >= 4 is 16.6 Å². The smallest absolute Gasteiger partial charge is 0.0841 e. The molecular formula is C20H24N4O. The molecular weight excluding hydrogens is 312 g/mol. The van der Waals surface area contributed by atoms with Gasteiger partial charge in [-0.15, -0.1) is 0 Å². The third-order valence-electron chi connectivity index (χ3n) is 4.90. The molecule has 4 rings (SSSR count). The molecule has 1 aromatic carbocycles. The van der Waals surface area contributed by atoms with Crippen LogP contribution in [0.15, 0.2) is 55.0 Å². The number of pyridine rings is 1. The van der Waals surface area contributed by atoms with Gasteiger partial charge in [0.15, 0.2) is 0 Å². The van der Waals surface area contributed by atoms with E-state index in [1.165, 1.54) is 16.5 Å². The van der Waals surface area contributed by atoms with Gasteiger partial charge in [-0.2, -0.15) is 0 Å². The van der Waals surface area contributed by atoms with Crippen molar-refractivity contribution in [2.45, 2.75) is 19.1 Å². The van der Waals surface area contributed by atoms with E-state index in [0.29, 0.717) is 13.1 Å². The standard InChI is InChI=1S/C20H24N4O/c25-19-14-23(13-17-4-1-3-16-5-10-22-20(16)17)11-2-12-24(15-19)18-6-8-21-9-7-18/h1,3-10,19,22,25H,2,11-15H2. The predicted octanol–water partition coefficient (Wildman–Crippen LogP) is 2.64. The molecule has 1 atom stereocenters. The molecule has 25 heavy (non-hydrogen) atoms. The van der Waals surface area contributed by atoms with E-state index in [1.807, 2.05) is 30.7 Å². The molecule has 3 aromatic rings. The van der Waals surface area contributed by atoms with Gasteiger partial charge in [0.25, 0.3) is 0 Å². The first-order valence-corrected chi connectivity index (χ1v) is 8.90. The van der Waals surface area contributed by atoms with Crippen LogP contribution >= 0.6 is 0 Å². The van der Waals surface area contributed by atoms with E-state index < -0.39 is 0 Å². The van der Waals surface area contributed by atoms with Crippen molar-refractivity contribution in [3.05, 3.63) is 60.6 Å². The predicted molar refractivity (Wildman–Crippen MR) is 101 cm³/mol. The van der Waals surface area contributed by atoms with Gasteiger partial charge in [0.05, 0.1) is 6.10 Å². The minimum absolute atomic E-state index is 0.365. The number of anilines is 1. The molecule has 0 saturated carbocycles. The second-order valence-corrected chi connectivity index (χ2v) is 6.75. The zero-order chi connectivity index (χ0) is 17.1. The van der Waals surface area contributed by atoms with Gasteiger partial charge in [-0.3, -0.25) is 9.88 Å². The molecule has 0 bridgehead atoms. The zero-order valence-corrected chi connectivity index (χ0v) is 14.3. The molecule has 5 heteroatoms. The Bertz CT molecular complexity index is 817. The summed E-state index contributed by atoms with van der Waals surface area (Å²) in [5, 5.41) is 11.8. The molecule has 0 spiro atoms. The van der Waals surface area contributed by atoms with Gasteiger partial charge in [0, 0.05) is 62.5 Å². The Labute approximate surface area is 147 Å². The highest BCUT2D eigenvalue weighted by molar-refractivity contribution is 5.82. The topological polar surface area (TPSA) is 55.4 Å². The molecule has 1 aliphatic rings. The summed E-state index contributed by atoms with van der Waals surface area (Å²) in [6.07, 6.45) is 6.32. The number of aliphatic hydroxyl groups excluding tert-OH is 1. The highest BCUT2D eigenvalue weighted by Gasteiger charge is 2.20. The van der Waals surface area contributed by atoms with E-state index in [-0.39, 0.29) is 6.10 Å². The summed E-state index contributed by atoms with van der Waals surface area (Å²) in [7, 11) is 0. The van der Waals surface area contributed by atoms with Gasteiger partial charge < -0.3 is 15.0 Å². The van der Waals surface area contributed by atoms with Crippen molar-refractivity contribution in [2.24, 2.45) is 0 Å². The van der Waals surface area contributed by atoms with E-state index in [4.69, 9.17) is 0 Å². The van der Waals surface area contributed by atoms with Crippen molar-refractivity contribution in [1.29, 1.82) is 0 Å². The van der Waals surface area contributed by atoms with Gasteiger partial charge in [0.1, 0.15) is 0 Å². The first kappa shape index (κ1) is 16.1. The number of benzene rings is 1. The maximum Gasteiger partial charge on any atom is 0.0841 e. The second-order valence-electron chi connectivity index (χ2n) is 6.75. The monoisotopic (exact) mass is 336 g/mol. The molecule has 1 saturated heterocycles. The van der Waals surface area contributed by atoms with E-state index in [1.54, 1.807) is 0 Å². The second kappa shape index (κ2) is 7.25. The highest BCUT2D eigenvalue weighted by Crippen LogP contribution is 2.20. The summed E-state index contributed by atoms with van der Waals surface area (Å²) >= 11 is 0. The summed E-state index contributed by atoms with van der Waals surface area (Å²) in [5.74, 6) is 0. The number of H-pyrrole nitrogens is 1. The lowest BCUT2D eigenvalue weighted by molar-refractivity contribution is 0.105. The Morgan fingerprint density at radius 1 is 1.08 bits per heavy atom. The van der Waals surface area contributed by atoms with Crippen LogP contribution in [0, 0.1) is 0 Å². The number of fused-ring (bicyclic) bond motifs is 1. The van der Waals surface area contributed by atoms with Gasteiger partial charge >= 0.3 is 0 Å². The van der Waals surface area contributed by atoms with Gasteiger partial charge in [0.2, 0.25) is 0 Å². The van der Waals surface area contributed by atoms with Crippen molar-refractivity contribution < 1.29 is 5.11 Å². The van der Waals surface area contributed by atoms with Crippen LogP contribution in [0.3, 0.4) is 0 Å². The van der Waals surface area contributed by atoms with Crippen molar-refractivity contribution in [2.75, 3.05) is 31.1 Å². The first-order chi connectivity index (χ1) is 12.3. The number of hydrogen-bond acceptors (Lipinski definition) is 4. The lowest BCUT2D eigenvalue weighted by Crippen LogP contribution is -2.44. The van der Waals surface area contributed by atoms with Crippen molar-refractivity contribution in [3.8, 4) is 0 Å². The van der Waals surface area contributed by atoms with Gasteiger partial charge in [-0.1, -0.05) is 18.2 Å². The number of para-hydroxylation sites is 1. The van der Waals surface area contributed by atoms with Gasteiger partial charge in [-0.05, 0) is 35.6 Å². The maximum atomic E-state index is 10.6. The quantitative estimate of drug-likeness (QED) is 0.772. The Balaban J connectivity index is 1.45. The van der Waals surface area contributed by atoms with E-state index in [0.717, 1.165) is 31.7 Å². The molecule has 130 valence electrons. The maximum absolute atomic E-state index is 10.6. The van der Waals surface area contributed by atoms with Crippen LogP contribution < -0.4 is 4.90 Å². The number of aromatic nitrogens is 2. The van der Waals surface area contributed by atoms with E-state index in [9.17, 15) is 5.11 Å². The summed E-state index contributed by atoms with van der Waals surface area (Å²) < 4.78 is 0. The van der Waals surface area contributed by atoms with E-state index >= 15 is 0 Å².